The first-order chi connectivity index (χ1) is 7.47. The number of halogens is 3. The van der Waals surface area contributed by atoms with Crippen LogP contribution in [0, 0.1) is 11.6 Å². The van der Waals surface area contributed by atoms with Gasteiger partial charge in [0.05, 0.1) is 6.10 Å². The fraction of sp³-hybridized carbons (Fsp3) is 0.400. The lowest BCUT2D eigenvalue weighted by atomic mass is 10.0. The summed E-state index contributed by atoms with van der Waals surface area (Å²) in [6.45, 7) is 0. The number of alkyl halides is 1. The van der Waals surface area contributed by atoms with Crippen LogP contribution in [0.2, 0.25) is 0 Å². The van der Waals surface area contributed by atoms with Gasteiger partial charge in [-0.2, -0.15) is 0 Å². The van der Waals surface area contributed by atoms with Crippen LogP contribution in [0.1, 0.15) is 18.1 Å². The van der Waals surface area contributed by atoms with Crippen LogP contribution in [0.5, 0.6) is 5.75 Å². The molecule has 3 nitrogen and oxygen atoms in total. The Morgan fingerprint density at radius 3 is 2.12 bits per heavy atom. The van der Waals surface area contributed by atoms with Crippen molar-refractivity contribution >= 4 is 11.6 Å². The van der Waals surface area contributed by atoms with Crippen LogP contribution in [0.3, 0.4) is 0 Å². The standard InChI is InChI=1S/C10H11ClF2O3/c11-2-1-8(14)9(15)5-3-6(12)10(16)7(13)4-5/h3-4,8-9,14-16H,1-2H2. The molecular weight excluding hydrogens is 242 g/mol. The number of phenolic OH excluding ortho intramolecular Hbond substituents is 1. The molecular formula is C10H11ClF2O3. The van der Waals surface area contributed by atoms with Crippen molar-refractivity contribution in [1.82, 2.24) is 0 Å². The Morgan fingerprint density at radius 1 is 1.19 bits per heavy atom. The van der Waals surface area contributed by atoms with E-state index in [0.29, 0.717) is 0 Å². The van der Waals surface area contributed by atoms with Crippen molar-refractivity contribution in [3.63, 3.8) is 0 Å². The minimum Gasteiger partial charge on any atom is -0.503 e. The average molecular weight is 253 g/mol. The number of hydrogen-bond donors (Lipinski definition) is 3. The maximum absolute atomic E-state index is 12.9. The third-order valence-corrected chi connectivity index (χ3v) is 2.37. The number of aliphatic hydroxyl groups excluding tert-OH is 2. The zero-order chi connectivity index (χ0) is 12.3. The maximum Gasteiger partial charge on any atom is 0.187 e. The van der Waals surface area contributed by atoms with Gasteiger partial charge in [0.15, 0.2) is 17.4 Å². The van der Waals surface area contributed by atoms with Crippen LogP contribution in [-0.2, 0) is 0 Å². The van der Waals surface area contributed by atoms with Gasteiger partial charge in [-0.1, -0.05) is 0 Å². The second-order valence-corrected chi connectivity index (χ2v) is 3.70. The molecule has 0 aliphatic carbocycles. The van der Waals surface area contributed by atoms with Crippen molar-refractivity contribution in [3.05, 3.63) is 29.3 Å². The van der Waals surface area contributed by atoms with Gasteiger partial charge in [0.25, 0.3) is 0 Å². The van der Waals surface area contributed by atoms with Gasteiger partial charge >= 0.3 is 0 Å². The van der Waals surface area contributed by atoms with E-state index in [9.17, 15) is 19.0 Å². The molecule has 1 rings (SSSR count). The molecule has 16 heavy (non-hydrogen) atoms. The molecule has 2 unspecified atom stereocenters. The normalized spacial score (nSPS) is 14.8. The molecule has 0 saturated carbocycles. The summed E-state index contributed by atoms with van der Waals surface area (Å²) >= 11 is 5.36. The zero-order valence-corrected chi connectivity index (χ0v) is 8.96. The Balaban J connectivity index is 2.96. The molecule has 0 bridgehead atoms. The number of rotatable bonds is 4. The van der Waals surface area contributed by atoms with E-state index < -0.39 is 29.6 Å². The maximum atomic E-state index is 12.9. The smallest absolute Gasteiger partial charge is 0.187 e. The monoisotopic (exact) mass is 252 g/mol. The first-order valence-corrected chi connectivity index (χ1v) is 5.10. The number of aromatic hydroxyl groups is 1. The van der Waals surface area contributed by atoms with E-state index in [-0.39, 0.29) is 17.9 Å². The van der Waals surface area contributed by atoms with Gasteiger partial charge in [0.1, 0.15) is 6.10 Å². The summed E-state index contributed by atoms with van der Waals surface area (Å²) < 4.78 is 25.9. The second kappa shape index (κ2) is 5.43. The van der Waals surface area contributed by atoms with Gasteiger partial charge in [0.2, 0.25) is 0 Å². The van der Waals surface area contributed by atoms with E-state index >= 15 is 0 Å². The van der Waals surface area contributed by atoms with Gasteiger partial charge < -0.3 is 15.3 Å². The van der Waals surface area contributed by atoms with Crippen LogP contribution >= 0.6 is 11.6 Å². The molecule has 0 aromatic heterocycles. The third-order valence-electron chi connectivity index (χ3n) is 2.15. The highest BCUT2D eigenvalue weighted by Crippen LogP contribution is 2.27. The van der Waals surface area contributed by atoms with E-state index in [1.165, 1.54) is 0 Å². The zero-order valence-electron chi connectivity index (χ0n) is 8.20. The summed E-state index contributed by atoms with van der Waals surface area (Å²) in [5.74, 6) is -3.37. The molecule has 90 valence electrons. The predicted octanol–water partition coefficient (Wildman–Crippen LogP) is 1.69. The van der Waals surface area contributed by atoms with Gasteiger partial charge in [-0.15, -0.1) is 11.6 Å². The molecule has 0 aliphatic heterocycles. The highest BCUT2D eigenvalue weighted by Gasteiger charge is 2.21. The summed E-state index contributed by atoms with van der Waals surface area (Å²) in [4.78, 5) is 0. The number of aliphatic hydroxyl groups is 2. The SMILES string of the molecule is Oc1c(F)cc(C(O)C(O)CCCl)cc1F. The summed E-state index contributed by atoms with van der Waals surface area (Å²) in [6, 6.07) is 1.53. The van der Waals surface area contributed by atoms with Crippen molar-refractivity contribution in [2.24, 2.45) is 0 Å². The lowest BCUT2D eigenvalue weighted by Gasteiger charge is -2.17. The van der Waals surface area contributed by atoms with Crippen molar-refractivity contribution in [2.45, 2.75) is 18.6 Å². The molecule has 0 spiro atoms. The van der Waals surface area contributed by atoms with E-state index in [4.69, 9.17) is 16.7 Å². The lowest BCUT2D eigenvalue weighted by Crippen LogP contribution is -2.19. The molecule has 3 N–H and O–H groups in total. The topological polar surface area (TPSA) is 60.7 Å². The molecule has 0 aliphatic rings. The van der Waals surface area contributed by atoms with E-state index in [1.807, 2.05) is 0 Å². The van der Waals surface area contributed by atoms with E-state index in [0.717, 1.165) is 12.1 Å². The molecule has 0 radical (unpaired) electrons. The van der Waals surface area contributed by atoms with E-state index in [1.54, 1.807) is 0 Å². The second-order valence-electron chi connectivity index (χ2n) is 3.32. The quantitative estimate of drug-likeness (QED) is 0.715. The highest BCUT2D eigenvalue weighted by atomic mass is 35.5. The Kier molecular flexibility index (Phi) is 4.46. The summed E-state index contributed by atoms with van der Waals surface area (Å²) in [5, 5.41) is 27.8. The third kappa shape index (κ3) is 2.81. The summed E-state index contributed by atoms with van der Waals surface area (Å²) in [6.07, 6.45) is -2.56. The Labute approximate surface area is 95.9 Å². The molecule has 0 amide bonds. The van der Waals surface area contributed by atoms with Crippen LogP contribution in [0.25, 0.3) is 0 Å². The fourth-order valence-electron chi connectivity index (χ4n) is 1.25. The van der Waals surface area contributed by atoms with Gasteiger partial charge in [-0.25, -0.2) is 8.78 Å². The van der Waals surface area contributed by atoms with Gasteiger partial charge in [0, 0.05) is 5.88 Å². The molecule has 1 aromatic carbocycles. The number of phenols is 1. The van der Waals surface area contributed by atoms with Gasteiger partial charge in [-0.3, -0.25) is 0 Å². The minimum absolute atomic E-state index is 0.0901. The highest BCUT2D eigenvalue weighted by molar-refractivity contribution is 6.17. The Bertz CT molecular complexity index is 350. The van der Waals surface area contributed by atoms with Gasteiger partial charge in [-0.05, 0) is 24.1 Å². The van der Waals surface area contributed by atoms with Crippen molar-refractivity contribution < 1.29 is 24.1 Å². The van der Waals surface area contributed by atoms with Crippen LogP contribution < -0.4 is 0 Å². The molecule has 0 fully saturated rings. The van der Waals surface area contributed by atoms with E-state index in [2.05, 4.69) is 0 Å². The first kappa shape index (κ1) is 13.2. The number of hydrogen-bond acceptors (Lipinski definition) is 3. The largest absolute Gasteiger partial charge is 0.503 e. The Morgan fingerprint density at radius 2 is 1.69 bits per heavy atom. The van der Waals surface area contributed by atoms with Crippen molar-refractivity contribution in [1.29, 1.82) is 0 Å². The minimum atomic E-state index is -1.44. The molecule has 6 heteroatoms. The molecule has 2 atom stereocenters. The fourth-order valence-corrected chi connectivity index (χ4v) is 1.47. The Hall–Kier alpha value is -0.910. The van der Waals surface area contributed by atoms with Crippen molar-refractivity contribution in [2.75, 3.05) is 5.88 Å². The molecule has 0 heterocycles. The lowest BCUT2D eigenvalue weighted by molar-refractivity contribution is 0.0166. The summed E-state index contributed by atoms with van der Waals surface area (Å²) in [7, 11) is 0. The van der Waals surface area contributed by atoms with Crippen LogP contribution in [-0.4, -0.2) is 27.3 Å². The van der Waals surface area contributed by atoms with Crippen LogP contribution in [0.4, 0.5) is 8.78 Å². The first-order valence-electron chi connectivity index (χ1n) is 4.57. The molecule has 1 aromatic rings. The van der Waals surface area contributed by atoms with Crippen LogP contribution in [0.15, 0.2) is 12.1 Å². The van der Waals surface area contributed by atoms with Crippen molar-refractivity contribution in [3.8, 4) is 5.75 Å². The average Bonchev–Trinajstić information content (AvgIpc) is 2.24. The number of benzene rings is 1. The predicted molar refractivity (Wildman–Crippen MR) is 54.3 cm³/mol. The molecule has 0 saturated heterocycles. The summed E-state index contributed by atoms with van der Waals surface area (Å²) in [5.41, 5.74) is -0.148.